The fourth-order valence-corrected chi connectivity index (χ4v) is 2.68. The fraction of sp³-hybridized carbons (Fsp3) is 0.118. The molecule has 0 saturated carbocycles. The summed E-state index contributed by atoms with van der Waals surface area (Å²) in [6, 6.07) is 9.27. The van der Waals surface area contributed by atoms with Gasteiger partial charge in [-0.3, -0.25) is 10.1 Å². The molecule has 0 atom stereocenters. The van der Waals surface area contributed by atoms with Crippen LogP contribution >= 0.6 is 0 Å². The summed E-state index contributed by atoms with van der Waals surface area (Å²) in [5, 5.41) is 3.57. The molecule has 0 spiro atoms. The Balaban J connectivity index is 1.95. The van der Waals surface area contributed by atoms with Gasteiger partial charge in [-0.15, -0.1) is 0 Å². The minimum absolute atomic E-state index is 0.138. The van der Waals surface area contributed by atoms with Crippen molar-refractivity contribution in [1.29, 1.82) is 0 Å². The molecule has 0 saturated heterocycles. The highest BCUT2D eigenvalue weighted by atomic mass is 19.1. The van der Waals surface area contributed by atoms with Crippen LogP contribution in [0.15, 0.2) is 51.9 Å². The van der Waals surface area contributed by atoms with Gasteiger partial charge in [-0.25, -0.2) is 4.39 Å². The quantitative estimate of drug-likeness (QED) is 0.750. The van der Waals surface area contributed by atoms with Crippen LogP contribution in [-0.4, -0.2) is 6.73 Å². The molecule has 1 aromatic heterocycles. The topological polar surface area (TPSA) is 51.5 Å². The maximum absolute atomic E-state index is 13.0. The van der Waals surface area contributed by atoms with E-state index in [2.05, 4.69) is 5.32 Å². The van der Waals surface area contributed by atoms with Gasteiger partial charge in [0.2, 0.25) is 5.43 Å². The summed E-state index contributed by atoms with van der Waals surface area (Å²) < 4.78 is 24.2. The van der Waals surface area contributed by atoms with E-state index in [1.165, 1.54) is 18.4 Å². The number of ether oxygens (including phenoxy) is 1. The van der Waals surface area contributed by atoms with E-state index in [4.69, 9.17) is 9.15 Å². The Kier molecular flexibility index (Phi) is 2.94. The molecule has 0 unspecified atom stereocenters. The molecule has 1 N–H and O–H groups in total. The van der Waals surface area contributed by atoms with E-state index in [-0.39, 0.29) is 11.2 Å². The first-order valence-electron chi connectivity index (χ1n) is 6.91. The van der Waals surface area contributed by atoms with Crippen LogP contribution in [0.3, 0.4) is 0 Å². The molecule has 1 aliphatic heterocycles. The van der Waals surface area contributed by atoms with Crippen LogP contribution in [0.25, 0.3) is 22.1 Å². The zero-order chi connectivity index (χ0) is 15.1. The minimum Gasteiger partial charge on any atom is -0.478 e. The molecule has 4 rings (SSSR count). The molecular formula is C17H12FNO3. The molecule has 0 radical (unpaired) electrons. The molecule has 3 aromatic rings. The number of benzene rings is 2. The van der Waals surface area contributed by atoms with E-state index < -0.39 is 0 Å². The van der Waals surface area contributed by atoms with Crippen molar-refractivity contribution in [2.75, 3.05) is 6.73 Å². The van der Waals surface area contributed by atoms with E-state index in [0.717, 1.165) is 11.3 Å². The second-order valence-corrected chi connectivity index (χ2v) is 5.12. The van der Waals surface area contributed by atoms with Gasteiger partial charge in [0.05, 0.1) is 16.5 Å². The lowest BCUT2D eigenvalue weighted by Crippen LogP contribution is -2.25. The number of nitrogens with one attached hydrogen (secondary N) is 1. The number of hydrogen-bond acceptors (Lipinski definition) is 4. The van der Waals surface area contributed by atoms with Gasteiger partial charge < -0.3 is 9.15 Å². The smallest absolute Gasteiger partial charge is 0.200 e. The summed E-state index contributed by atoms with van der Waals surface area (Å²) in [6.45, 7) is 1.03. The molecule has 22 heavy (non-hydrogen) atoms. The molecule has 1 aliphatic rings. The van der Waals surface area contributed by atoms with Gasteiger partial charge in [-0.05, 0) is 29.8 Å². The van der Waals surface area contributed by atoms with E-state index in [1.54, 1.807) is 24.3 Å². The average molecular weight is 297 g/mol. The molecular weight excluding hydrogens is 285 g/mol. The highest BCUT2D eigenvalue weighted by Gasteiger charge is 2.18. The third kappa shape index (κ3) is 1.98. The maximum Gasteiger partial charge on any atom is 0.200 e. The minimum atomic E-state index is -0.341. The van der Waals surface area contributed by atoms with Crippen molar-refractivity contribution in [3.8, 4) is 16.9 Å². The molecule has 2 heterocycles. The molecule has 0 aliphatic carbocycles. The van der Waals surface area contributed by atoms with Crippen molar-refractivity contribution in [3.63, 3.8) is 0 Å². The monoisotopic (exact) mass is 297 g/mol. The molecule has 2 aromatic carbocycles. The average Bonchev–Trinajstić information content (AvgIpc) is 2.56. The normalized spacial score (nSPS) is 13.7. The van der Waals surface area contributed by atoms with Gasteiger partial charge in [0.1, 0.15) is 30.1 Å². The Labute approximate surface area is 125 Å². The number of rotatable bonds is 1. The molecule has 0 bridgehead atoms. The van der Waals surface area contributed by atoms with Crippen LogP contribution in [-0.2, 0) is 6.54 Å². The summed E-state index contributed by atoms with van der Waals surface area (Å²) in [6.07, 6.45) is 1.42. The van der Waals surface area contributed by atoms with Gasteiger partial charge in [0, 0.05) is 6.54 Å². The summed E-state index contributed by atoms with van der Waals surface area (Å²) in [7, 11) is 0. The lowest BCUT2D eigenvalue weighted by Gasteiger charge is -2.19. The predicted molar refractivity (Wildman–Crippen MR) is 80.2 cm³/mol. The van der Waals surface area contributed by atoms with Crippen molar-refractivity contribution in [3.05, 3.63) is 64.3 Å². The maximum atomic E-state index is 13.0. The Bertz CT molecular complexity index is 916. The Morgan fingerprint density at radius 3 is 2.73 bits per heavy atom. The number of halogens is 1. The molecule has 4 nitrogen and oxygen atoms in total. The fourth-order valence-electron chi connectivity index (χ4n) is 2.68. The number of fused-ring (bicyclic) bond motifs is 3. The van der Waals surface area contributed by atoms with Crippen molar-refractivity contribution >= 4 is 11.0 Å². The zero-order valence-corrected chi connectivity index (χ0v) is 11.6. The van der Waals surface area contributed by atoms with Gasteiger partial charge in [-0.1, -0.05) is 12.1 Å². The van der Waals surface area contributed by atoms with Crippen molar-refractivity contribution in [2.24, 2.45) is 0 Å². The molecule has 0 fully saturated rings. The van der Waals surface area contributed by atoms with Crippen LogP contribution in [0.5, 0.6) is 5.75 Å². The standard InChI is InChI=1S/C17H12FNO3/c18-11-3-1-10(2-4-11)14-8-21-17-12(16(14)20)5-6-15-13(17)7-19-9-22-15/h1-6,8,19H,7,9H2. The van der Waals surface area contributed by atoms with Gasteiger partial charge in [0.15, 0.2) is 0 Å². The van der Waals surface area contributed by atoms with Crippen molar-refractivity contribution < 1.29 is 13.5 Å². The van der Waals surface area contributed by atoms with E-state index in [0.29, 0.717) is 35.4 Å². The molecule has 0 amide bonds. The van der Waals surface area contributed by atoms with Crippen LogP contribution in [0.1, 0.15) is 5.56 Å². The lowest BCUT2D eigenvalue weighted by molar-refractivity contribution is 0.257. The summed E-state index contributed by atoms with van der Waals surface area (Å²) >= 11 is 0. The van der Waals surface area contributed by atoms with Crippen LogP contribution in [0.2, 0.25) is 0 Å². The Morgan fingerprint density at radius 1 is 1.09 bits per heavy atom. The van der Waals surface area contributed by atoms with Crippen LogP contribution < -0.4 is 15.5 Å². The predicted octanol–water partition coefficient (Wildman–Crippen LogP) is 3.04. The third-order valence-electron chi connectivity index (χ3n) is 3.79. The molecule has 110 valence electrons. The van der Waals surface area contributed by atoms with Crippen molar-refractivity contribution in [1.82, 2.24) is 5.32 Å². The van der Waals surface area contributed by atoms with Crippen LogP contribution in [0, 0.1) is 5.82 Å². The SMILES string of the molecule is O=c1c(-c2ccc(F)cc2)coc2c3c(ccc12)OCNC3. The molecule has 5 heteroatoms. The summed E-state index contributed by atoms with van der Waals surface area (Å²) in [5.41, 5.74) is 2.27. The van der Waals surface area contributed by atoms with E-state index in [9.17, 15) is 9.18 Å². The van der Waals surface area contributed by atoms with Crippen LogP contribution in [0.4, 0.5) is 4.39 Å². The lowest BCUT2D eigenvalue weighted by atomic mass is 10.0. The van der Waals surface area contributed by atoms with E-state index in [1.807, 2.05) is 0 Å². The van der Waals surface area contributed by atoms with E-state index >= 15 is 0 Å². The summed E-state index contributed by atoms with van der Waals surface area (Å²) in [4.78, 5) is 12.7. The first-order chi connectivity index (χ1) is 10.7. The van der Waals surface area contributed by atoms with Gasteiger partial charge in [-0.2, -0.15) is 0 Å². The first kappa shape index (κ1) is 13.0. The highest BCUT2D eigenvalue weighted by molar-refractivity contribution is 5.85. The first-order valence-corrected chi connectivity index (χ1v) is 6.91. The van der Waals surface area contributed by atoms with Gasteiger partial charge >= 0.3 is 0 Å². The zero-order valence-electron chi connectivity index (χ0n) is 11.6. The largest absolute Gasteiger partial charge is 0.478 e. The summed E-state index contributed by atoms with van der Waals surface area (Å²) in [5.74, 6) is 0.384. The second kappa shape index (κ2) is 4.96. The third-order valence-corrected chi connectivity index (χ3v) is 3.79. The highest BCUT2D eigenvalue weighted by Crippen LogP contribution is 2.30. The number of hydrogen-bond donors (Lipinski definition) is 1. The Hall–Kier alpha value is -2.66. The van der Waals surface area contributed by atoms with Gasteiger partial charge in [0.25, 0.3) is 0 Å². The second-order valence-electron chi connectivity index (χ2n) is 5.12. The van der Waals surface area contributed by atoms with Crippen molar-refractivity contribution in [2.45, 2.75) is 6.54 Å². The Morgan fingerprint density at radius 2 is 1.91 bits per heavy atom.